The summed E-state index contributed by atoms with van der Waals surface area (Å²) in [5.41, 5.74) is 6.06. The van der Waals surface area contributed by atoms with Crippen molar-refractivity contribution in [2.75, 3.05) is 18.4 Å². The number of rotatable bonds is 5. The van der Waals surface area contributed by atoms with E-state index in [2.05, 4.69) is 10.6 Å². The summed E-state index contributed by atoms with van der Waals surface area (Å²) in [6.45, 7) is 1.08. The predicted octanol–water partition coefficient (Wildman–Crippen LogP) is 2.03. The Bertz CT molecular complexity index is 528. The third kappa shape index (κ3) is 5.07. The van der Waals surface area contributed by atoms with Crippen molar-refractivity contribution in [3.05, 3.63) is 23.2 Å². The van der Waals surface area contributed by atoms with Gasteiger partial charge in [-0.3, -0.25) is 9.59 Å². The largest absolute Gasteiger partial charge is 0.356 e. The molecule has 0 saturated heterocycles. The molecule has 4 N–H and O–H groups in total. The molecule has 0 bridgehead atoms. The molecule has 1 aromatic rings. The lowest BCUT2D eigenvalue weighted by molar-refractivity contribution is -0.124. The number of benzene rings is 1. The van der Waals surface area contributed by atoms with Crippen molar-refractivity contribution in [1.82, 2.24) is 5.32 Å². The van der Waals surface area contributed by atoms with Crippen molar-refractivity contribution < 1.29 is 9.59 Å². The summed E-state index contributed by atoms with van der Waals surface area (Å²) in [4.78, 5) is 24.6. The average Bonchev–Trinajstić information content (AvgIpc) is 2.40. The van der Waals surface area contributed by atoms with E-state index >= 15 is 0 Å². The molecule has 0 saturated carbocycles. The van der Waals surface area contributed by atoms with E-state index in [4.69, 9.17) is 17.3 Å². The van der Waals surface area contributed by atoms with Gasteiger partial charge < -0.3 is 16.4 Å². The number of nitrogens with one attached hydrogen (secondary N) is 2. The van der Waals surface area contributed by atoms with E-state index in [1.54, 1.807) is 12.1 Å². The number of hydrogen-bond donors (Lipinski definition) is 3. The molecule has 2 amide bonds. The zero-order valence-corrected chi connectivity index (χ0v) is 13.6. The summed E-state index contributed by atoms with van der Waals surface area (Å²) in [5, 5.41) is 5.69. The Kier molecular flexibility index (Phi) is 7.31. The molecule has 1 aliphatic heterocycles. The molecular weight excluding hydrogens is 333 g/mol. The van der Waals surface area contributed by atoms with E-state index in [0.29, 0.717) is 23.8 Å². The second kappa shape index (κ2) is 8.48. The van der Waals surface area contributed by atoms with E-state index in [1.807, 2.05) is 6.07 Å². The monoisotopic (exact) mass is 349 g/mol. The lowest BCUT2D eigenvalue weighted by Gasteiger charge is -2.23. The van der Waals surface area contributed by atoms with Gasteiger partial charge in [-0.2, -0.15) is 0 Å². The van der Waals surface area contributed by atoms with Gasteiger partial charge >= 0.3 is 0 Å². The molecule has 2 rings (SSSR count). The summed E-state index contributed by atoms with van der Waals surface area (Å²) in [6, 6.07) is 5.32. The van der Waals surface area contributed by atoms with Crippen molar-refractivity contribution in [1.29, 1.82) is 0 Å². The first-order valence-corrected chi connectivity index (χ1v) is 7.59. The molecular formula is C13H17Cl2N3O2S. The van der Waals surface area contributed by atoms with Gasteiger partial charge in [-0.1, -0.05) is 11.6 Å². The van der Waals surface area contributed by atoms with Crippen LogP contribution in [-0.2, 0) is 9.59 Å². The van der Waals surface area contributed by atoms with Crippen LogP contribution in [0.3, 0.4) is 0 Å². The summed E-state index contributed by atoms with van der Waals surface area (Å²) >= 11 is 7.27. The Morgan fingerprint density at radius 3 is 2.95 bits per heavy atom. The maximum Gasteiger partial charge on any atom is 0.238 e. The SMILES string of the molecule is Cl.NCCCNC(=O)CC1Sc2ccc(Cl)cc2NC1=O. The highest BCUT2D eigenvalue weighted by Gasteiger charge is 2.28. The van der Waals surface area contributed by atoms with Crippen molar-refractivity contribution in [2.24, 2.45) is 5.73 Å². The molecule has 21 heavy (non-hydrogen) atoms. The first-order chi connectivity index (χ1) is 9.60. The maximum atomic E-state index is 12.0. The molecule has 8 heteroatoms. The molecule has 1 aromatic carbocycles. The fourth-order valence-electron chi connectivity index (χ4n) is 1.83. The van der Waals surface area contributed by atoms with Crippen LogP contribution in [0.4, 0.5) is 5.69 Å². The van der Waals surface area contributed by atoms with Gasteiger partial charge in [0.05, 0.1) is 10.9 Å². The maximum absolute atomic E-state index is 12.0. The third-order valence-electron chi connectivity index (χ3n) is 2.83. The number of nitrogens with two attached hydrogens (primary N) is 1. The number of fused-ring (bicyclic) bond motifs is 1. The normalized spacial score (nSPS) is 16.5. The molecule has 0 aliphatic carbocycles. The standard InChI is InChI=1S/C13H16ClN3O2S.ClH/c14-8-2-3-10-9(6-8)17-13(19)11(20-10)7-12(18)16-5-1-4-15;/h2-3,6,11H,1,4-5,7,15H2,(H,16,18)(H,17,19);1H. The molecule has 0 aromatic heterocycles. The average molecular weight is 350 g/mol. The van der Waals surface area contributed by atoms with E-state index < -0.39 is 5.25 Å². The lowest BCUT2D eigenvalue weighted by atomic mass is 10.2. The Balaban J connectivity index is 0.00000220. The van der Waals surface area contributed by atoms with Crippen LogP contribution in [0.1, 0.15) is 12.8 Å². The molecule has 1 unspecified atom stereocenters. The van der Waals surface area contributed by atoms with Gasteiger partial charge in [-0.05, 0) is 31.2 Å². The summed E-state index contributed by atoms with van der Waals surface area (Å²) in [7, 11) is 0. The highest BCUT2D eigenvalue weighted by molar-refractivity contribution is 8.01. The smallest absolute Gasteiger partial charge is 0.238 e. The molecule has 5 nitrogen and oxygen atoms in total. The number of amides is 2. The van der Waals surface area contributed by atoms with Crippen LogP contribution in [0, 0.1) is 0 Å². The predicted molar refractivity (Wildman–Crippen MR) is 88.3 cm³/mol. The number of hydrogen-bond acceptors (Lipinski definition) is 4. The van der Waals surface area contributed by atoms with Crippen LogP contribution < -0.4 is 16.4 Å². The molecule has 0 radical (unpaired) electrons. The molecule has 0 spiro atoms. The Labute approximate surface area is 138 Å². The molecule has 1 atom stereocenters. The van der Waals surface area contributed by atoms with E-state index in [1.165, 1.54) is 11.8 Å². The van der Waals surface area contributed by atoms with Crippen LogP contribution in [0.2, 0.25) is 5.02 Å². The molecule has 116 valence electrons. The highest BCUT2D eigenvalue weighted by atomic mass is 35.5. The van der Waals surface area contributed by atoms with Crippen LogP contribution in [0.15, 0.2) is 23.1 Å². The van der Waals surface area contributed by atoms with Gasteiger partial charge in [0.2, 0.25) is 11.8 Å². The van der Waals surface area contributed by atoms with Gasteiger partial charge in [-0.15, -0.1) is 24.2 Å². The van der Waals surface area contributed by atoms with Gasteiger partial charge in [0.1, 0.15) is 0 Å². The minimum absolute atomic E-state index is 0. The minimum Gasteiger partial charge on any atom is -0.356 e. The van der Waals surface area contributed by atoms with Gasteiger partial charge in [0.25, 0.3) is 0 Å². The number of anilines is 1. The first-order valence-electron chi connectivity index (χ1n) is 6.34. The Hall–Kier alpha value is -0.950. The van der Waals surface area contributed by atoms with Crippen molar-refractivity contribution in [3.8, 4) is 0 Å². The third-order valence-corrected chi connectivity index (χ3v) is 4.35. The minimum atomic E-state index is -0.415. The van der Waals surface area contributed by atoms with Crippen LogP contribution in [0.25, 0.3) is 0 Å². The molecule has 1 aliphatic rings. The van der Waals surface area contributed by atoms with Gasteiger partial charge in [0, 0.05) is 22.9 Å². The second-order valence-electron chi connectivity index (χ2n) is 4.43. The lowest BCUT2D eigenvalue weighted by Crippen LogP contribution is -2.35. The van der Waals surface area contributed by atoms with Crippen molar-refractivity contribution in [2.45, 2.75) is 23.0 Å². The van der Waals surface area contributed by atoms with E-state index in [-0.39, 0.29) is 30.6 Å². The van der Waals surface area contributed by atoms with Crippen LogP contribution in [0.5, 0.6) is 0 Å². The zero-order chi connectivity index (χ0) is 14.5. The van der Waals surface area contributed by atoms with Gasteiger partial charge in [-0.25, -0.2) is 0 Å². The summed E-state index contributed by atoms with van der Waals surface area (Å²) in [5.74, 6) is -0.303. The number of thioether (sulfide) groups is 1. The summed E-state index contributed by atoms with van der Waals surface area (Å²) in [6.07, 6.45) is 0.889. The highest BCUT2D eigenvalue weighted by Crippen LogP contribution is 2.38. The molecule has 0 fully saturated rings. The van der Waals surface area contributed by atoms with Gasteiger partial charge in [0.15, 0.2) is 0 Å². The molecule has 1 heterocycles. The number of halogens is 2. The van der Waals surface area contributed by atoms with Crippen LogP contribution in [-0.4, -0.2) is 30.2 Å². The Morgan fingerprint density at radius 1 is 1.48 bits per heavy atom. The van der Waals surface area contributed by atoms with E-state index in [0.717, 1.165) is 11.3 Å². The Morgan fingerprint density at radius 2 is 2.24 bits per heavy atom. The number of carbonyl (C=O) groups is 2. The first kappa shape index (κ1) is 18.1. The topological polar surface area (TPSA) is 84.2 Å². The van der Waals surface area contributed by atoms with E-state index in [9.17, 15) is 9.59 Å². The zero-order valence-electron chi connectivity index (χ0n) is 11.2. The van der Waals surface area contributed by atoms with Crippen LogP contribution >= 0.6 is 35.8 Å². The fourth-order valence-corrected chi connectivity index (χ4v) is 3.09. The quantitative estimate of drug-likeness (QED) is 0.710. The summed E-state index contributed by atoms with van der Waals surface area (Å²) < 4.78 is 0. The fraction of sp³-hybridized carbons (Fsp3) is 0.385. The second-order valence-corrected chi connectivity index (χ2v) is 6.11. The number of carbonyl (C=O) groups excluding carboxylic acids is 2. The van der Waals surface area contributed by atoms with Crippen molar-refractivity contribution >= 4 is 53.3 Å². The van der Waals surface area contributed by atoms with Crippen molar-refractivity contribution in [3.63, 3.8) is 0 Å².